The van der Waals surface area contributed by atoms with E-state index in [0.717, 1.165) is 25.5 Å². The van der Waals surface area contributed by atoms with E-state index in [1.54, 1.807) is 7.11 Å². The first kappa shape index (κ1) is 12.6. The smallest absolute Gasteiger partial charge is 0.120 e. The number of ether oxygens (including phenoxy) is 1. The molecule has 1 unspecified atom stereocenters. The molecule has 0 N–H and O–H groups in total. The summed E-state index contributed by atoms with van der Waals surface area (Å²) >= 11 is 0. The van der Waals surface area contributed by atoms with Gasteiger partial charge in [0.25, 0.3) is 0 Å². The van der Waals surface area contributed by atoms with Crippen LogP contribution in [0.25, 0.3) is 0 Å². The number of carbonyl (C=O) groups is 1. The fourth-order valence-electron chi connectivity index (χ4n) is 1.26. The zero-order valence-electron chi connectivity index (χ0n) is 9.30. The van der Waals surface area contributed by atoms with Gasteiger partial charge in [-0.05, 0) is 26.2 Å². The maximum absolute atomic E-state index is 10.2. The van der Waals surface area contributed by atoms with Crippen molar-refractivity contribution in [1.29, 1.82) is 0 Å². The molecule has 0 bridgehead atoms. The van der Waals surface area contributed by atoms with Crippen molar-refractivity contribution in [2.45, 2.75) is 52.1 Å². The van der Waals surface area contributed by atoms with E-state index in [0.29, 0.717) is 12.3 Å². The van der Waals surface area contributed by atoms with Gasteiger partial charge >= 0.3 is 0 Å². The van der Waals surface area contributed by atoms with Gasteiger partial charge in [-0.1, -0.05) is 19.8 Å². The first-order chi connectivity index (χ1) is 6.02. The van der Waals surface area contributed by atoms with Gasteiger partial charge in [-0.3, -0.25) is 0 Å². The largest absolute Gasteiger partial charge is 0.379 e. The van der Waals surface area contributed by atoms with Gasteiger partial charge in [0, 0.05) is 13.5 Å². The molecule has 0 aliphatic rings. The Labute approximate surface area is 81.7 Å². The Morgan fingerprint density at radius 3 is 2.54 bits per heavy atom. The number of hydrogen-bond donors (Lipinski definition) is 0. The van der Waals surface area contributed by atoms with Gasteiger partial charge in [0.2, 0.25) is 0 Å². The van der Waals surface area contributed by atoms with Crippen LogP contribution in [0.3, 0.4) is 0 Å². The van der Waals surface area contributed by atoms with Crippen LogP contribution in [0.15, 0.2) is 0 Å². The summed E-state index contributed by atoms with van der Waals surface area (Å²) in [5.74, 6) is 0.519. The van der Waals surface area contributed by atoms with Gasteiger partial charge < -0.3 is 9.53 Å². The van der Waals surface area contributed by atoms with Crippen LogP contribution < -0.4 is 0 Å². The van der Waals surface area contributed by atoms with Crippen molar-refractivity contribution in [1.82, 2.24) is 0 Å². The van der Waals surface area contributed by atoms with Crippen LogP contribution >= 0.6 is 0 Å². The molecule has 2 nitrogen and oxygen atoms in total. The topological polar surface area (TPSA) is 26.3 Å². The average Bonchev–Trinajstić information content (AvgIpc) is 2.05. The average molecular weight is 186 g/mol. The monoisotopic (exact) mass is 186 g/mol. The Kier molecular flexibility index (Phi) is 5.97. The minimum Gasteiger partial charge on any atom is -0.379 e. The summed E-state index contributed by atoms with van der Waals surface area (Å²) in [7, 11) is 1.74. The third-order valence-corrected chi connectivity index (χ3v) is 2.53. The number of aldehydes is 1. The molecule has 1 atom stereocenters. The molecule has 0 saturated carbocycles. The first-order valence-electron chi connectivity index (χ1n) is 5.00. The molecule has 0 aromatic carbocycles. The van der Waals surface area contributed by atoms with Crippen molar-refractivity contribution < 1.29 is 9.53 Å². The second-order valence-corrected chi connectivity index (χ2v) is 4.36. The third kappa shape index (κ3) is 6.76. The van der Waals surface area contributed by atoms with Crippen LogP contribution in [0.5, 0.6) is 0 Å². The summed E-state index contributed by atoms with van der Waals surface area (Å²) in [6.45, 7) is 6.31. The molecule has 0 aliphatic heterocycles. The normalized spacial score (nSPS) is 14.2. The van der Waals surface area contributed by atoms with E-state index >= 15 is 0 Å². The lowest BCUT2D eigenvalue weighted by atomic mass is 9.95. The van der Waals surface area contributed by atoms with E-state index in [2.05, 4.69) is 20.8 Å². The number of hydrogen-bond acceptors (Lipinski definition) is 2. The molecule has 2 heteroatoms. The highest BCUT2D eigenvalue weighted by Gasteiger charge is 2.15. The van der Waals surface area contributed by atoms with Gasteiger partial charge in [-0.25, -0.2) is 0 Å². The number of methoxy groups -OCH3 is 1. The van der Waals surface area contributed by atoms with Crippen LogP contribution in [0, 0.1) is 5.92 Å². The lowest BCUT2D eigenvalue weighted by Gasteiger charge is -2.23. The SMILES string of the molecule is COC(C)(C)CCCC(C)CC=O. The molecular formula is C11H22O2. The van der Waals surface area contributed by atoms with Gasteiger partial charge in [0.1, 0.15) is 6.29 Å². The van der Waals surface area contributed by atoms with Crippen LogP contribution in [-0.2, 0) is 9.53 Å². The molecule has 0 aromatic rings. The lowest BCUT2D eigenvalue weighted by Crippen LogP contribution is -2.22. The van der Waals surface area contributed by atoms with Crippen LogP contribution in [0.2, 0.25) is 0 Å². The van der Waals surface area contributed by atoms with Crippen molar-refractivity contribution in [2.75, 3.05) is 7.11 Å². The summed E-state index contributed by atoms with van der Waals surface area (Å²) < 4.78 is 5.31. The summed E-state index contributed by atoms with van der Waals surface area (Å²) in [5, 5.41) is 0. The Morgan fingerprint density at radius 1 is 1.46 bits per heavy atom. The second kappa shape index (κ2) is 6.14. The highest BCUT2D eigenvalue weighted by molar-refractivity contribution is 5.49. The van der Waals surface area contributed by atoms with E-state index in [9.17, 15) is 4.79 Å². The molecule has 0 aliphatic carbocycles. The minimum absolute atomic E-state index is 0.0130. The molecule has 78 valence electrons. The molecule has 0 spiro atoms. The van der Waals surface area contributed by atoms with E-state index < -0.39 is 0 Å². The van der Waals surface area contributed by atoms with E-state index in [1.807, 2.05) is 0 Å². The molecule has 0 heterocycles. The number of rotatable bonds is 7. The zero-order chi connectivity index (χ0) is 10.3. The summed E-state index contributed by atoms with van der Waals surface area (Å²) in [6, 6.07) is 0. The maximum atomic E-state index is 10.2. The van der Waals surface area contributed by atoms with E-state index in [4.69, 9.17) is 4.74 Å². The Morgan fingerprint density at radius 2 is 2.08 bits per heavy atom. The van der Waals surface area contributed by atoms with Crippen LogP contribution in [-0.4, -0.2) is 19.0 Å². The quantitative estimate of drug-likeness (QED) is 0.571. The fraction of sp³-hybridized carbons (Fsp3) is 0.909. The van der Waals surface area contributed by atoms with Crippen molar-refractivity contribution in [3.63, 3.8) is 0 Å². The Bertz CT molecular complexity index is 141. The third-order valence-electron chi connectivity index (χ3n) is 2.53. The molecule has 13 heavy (non-hydrogen) atoms. The number of carbonyl (C=O) groups excluding carboxylic acids is 1. The molecule has 0 fully saturated rings. The van der Waals surface area contributed by atoms with Crippen LogP contribution in [0.4, 0.5) is 0 Å². The molecule has 0 radical (unpaired) electrons. The van der Waals surface area contributed by atoms with E-state index in [1.165, 1.54) is 0 Å². The van der Waals surface area contributed by atoms with Crippen molar-refractivity contribution in [3.8, 4) is 0 Å². The lowest BCUT2D eigenvalue weighted by molar-refractivity contribution is -0.108. The molecule has 0 saturated heterocycles. The summed E-state index contributed by atoms with van der Waals surface area (Å²) in [6.07, 6.45) is 5.01. The van der Waals surface area contributed by atoms with Gasteiger partial charge in [-0.2, -0.15) is 0 Å². The zero-order valence-corrected chi connectivity index (χ0v) is 9.30. The predicted molar refractivity (Wildman–Crippen MR) is 54.8 cm³/mol. The van der Waals surface area contributed by atoms with Crippen molar-refractivity contribution >= 4 is 6.29 Å². The van der Waals surface area contributed by atoms with Crippen molar-refractivity contribution in [3.05, 3.63) is 0 Å². The highest BCUT2D eigenvalue weighted by atomic mass is 16.5. The molecule has 0 amide bonds. The minimum atomic E-state index is -0.0130. The molecule has 0 rings (SSSR count). The first-order valence-corrected chi connectivity index (χ1v) is 5.00. The molecule has 0 aromatic heterocycles. The predicted octanol–water partition coefficient (Wildman–Crippen LogP) is 2.81. The fourth-order valence-corrected chi connectivity index (χ4v) is 1.26. The van der Waals surface area contributed by atoms with Crippen molar-refractivity contribution in [2.24, 2.45) is 5.92 Å². The van der Waals surface area contributed by atoms with Gasteiger partial charge in [0.05, 0.1) is 5.60 Å². The van der Waals surface area contributed by atoms with Gasteiger partial charge in [0.15, 0.2) is 0 Å². The molecular weight excluding hydrogens is 164 g/mol. The summed E-state index contributed by atoms with van der Waals surface area (Å²) in [4.78, 5) is 10.2. The second-order valence-electron chi connectivity index (χ2n) is 4.36. The maximum Gasteiger partial charge on any atom is 0.120 e. The highest BCUT2D eigenvalue weighted by Crippen LogP contribution is 2.19. The Hall–Kier alpha value is -0.370. The van der Waals surface area contributed by atoms with E-state index in [-0.39, 0.29) is 5.60 Å². The van der Waals surface area contributed by atoms with Gasteiger partial charge in [-0.15, -0.1) is 0 Å². The Balaban J connectivity index is 3.49. The van der Waals surface area contributed by atoms with Crippen LogP contribution in [0.1, 0.15) is 46.5 Å². The standard InChI is InChI=1S/C11H22O2/c1-10(7-9-12)6-5-8-11(2,3)13-4/h9-10H,5-8H2,1-4H3. The summed E-state index contributed by atoms with van der Waals surface area (Å²) in [5.41, 5.74) is -0.0130.